The van der Waals surface area contributed by atoms with Crippen LogP contribution in [0.2, 0.25) is 0 Å². The minimum Gasteiger partial charge on any atom is -0.353 e. The van der Waals surface area contributed by atoms with E-state index in [1.165, 1.54) is 0 Å². The Labute approximate surface area is 127 Å². The number of thiophene rings is 1. The van der Waals surface area contributed by atoms with Gasteiger partial charge in [-0.05, 0) is 31.6 Å². The van der Waals surface area contributed by atoms with Crippen LogP contribution in [-0.2, 0) is 11.8 Å². The molecule has 2 amide bonds. The van der Waals surface area contributed by atoms with Gasteiger partial charge >= 0.3 is 0 Å². The fourth-order valence-electron chi connectivity index (χ4n) is 2.00. The Balaban J connectivity index is 1.85. The number of aryl methyl sites for hydroxylation is 1. The van der Waals surface area contributed by atoms with E-state index in [-0.39, 0.29) is 18.4 Å². The van der Waals surface area contributed by atoms with Gasteiger partial charge in [0.15, 0.2) is 0 Å². The molecule has 0 radical (unpaired) electrons. The first-order valence-corrected chi connectivity index (χ1v) is 7.59. The molecule has 0 bridgehead atoms. The minimum atomic E-state index is -0.233. The van der Waals surface area contributed by atoms with E-state index in [0.29, 0.717) is 12.2 Å². The molecule has 2 rings (SSSR count). The largest absolute Gasteiger partial charge is 0.353 e. The molecule has 21 heavy (non-hydrogen) atoms. The zero-order valence-electron chi connectivity index (χ0n) is 12.5. The lowest BCUT2D eigenvalue weighted by Gasteiger charge is -2.11. The van der Waals surface area contributed by atoms with E-state index in [1.54, 1.807) is 11.3 Å². The lowest BCUT2D eigenvalue weighted by Crippen LogP contribution is -2.39. The van der Waals surface area contributed by atoms with Gasteiger partial charge in [0.1, 0.15) is 5.69 Å². The summed E-state index contributed by atoms with van der Waals surface area (Å²) in [5, 5.41) is 7.40. The Morgan fingerprint density at radius 2 is 2.10 bits per heavy atom. The van der Waals surface area contributed by atoms with Crippen LogP contribution in [0.1, 0.15) is 10.5 Å². The van der Waals surface area contributed by atoms with Crippen molar-refractivity contribution in [3.63, 3.8) is 0 Å². The second-order valence-electron chi connectivity index (χ2n) is 5.09. The molecule has 0 aliphatic rings. The number of carbonyl (C=O) groups is 2. The first-order valence-electron chi connectivity index (χ1n) is 6.71. The second-order valence-corrected chi connectivity index (χ2v) is 6.04. The summed E-state index contributed by atoms with van der Waals surface area (Å²) in [4.78, 5) is 25.7. The van der Waals surface area contributed by atoms with Crippen LogP contribution < -0.4 is 10.6 Å². The molecule has 2 aromatic heterocycles. The van der Waals surface area contributed by atoms with Gasteiger partial charge in [-0.3, -0.25) is 9.59 Å². The predicted octanol–water partition coefficient (Wildman–Crippen LogP) is 0.647. The summed E-state index contributed by atoms with van der Waals surface area (Å²) in [6, 6.07) is 3.82. The molecule has 2 heterocycles. The van der Waals surface area contributed by atoms with Gasteiger partial charge in [0.2, 0.25) is 5.91 Å². The number of nitrogens with zero attached hydrogens (tertiary/aromatic N) is 2. The number of amides is 2. The SMILES string of the molecule is CN(C)CCNC(=O)CNC(=O)c1cc2sccc2n1C. The summed E-state index contributed by atoms with van der Waals surface area (Å²) in [6.45, 7) is 1.33. The van der Waals surface area contributed by atoms with Crippen LogP contribution in [0.15, 0.2) is 17.5 Å². The highest BCUT2D eigenvalue weighted by molar-refractivity contribution is 7.17. The van der Waals surface area contributed by atoms with Gasteiger partial charge in [0, 0.05) is 20.1 Å². The lowest BCUT2D eigenvalue weighted by molar-refractivity contribution is -0.120. The zero-order valence-corrected chi connectivity index (χ0v) is 13.3. The molecule has 0 unspecified atom stereocenters. The number of aromatic nitrogens is 1. The second kappa shape index (κ2) is 6.73. The van der Waals surface area contributed by atoms with Crippen LogP contribution in [0.3, 0.4) is 0 Å². The van der Waals surface area contributed by atoms with Gasteiger partial charge < -0.3 is 20.1 Å². The van der Waals surface area contributed by atoms with Crippen LogP contribution in [0.4, 0.5) is 0 Å². The Kier molecular flexibility index (Phi) is 4.98. The highest BCUT2D eigenvalue weighted by Gasteiger charge is 2.14. The Hall–Kier alpha value is -1.86. The molecular formula is C14H20N4O2S. The number of fused-ring (bicyclic) bond motifs is 1. The van der Waals surface area contributed by atoms with Crippen molar-refractivity contribution < 1.29 is 9.59 Å². The monoisotopic (exact) mass is 308 g/mol. The third-order valence-corrected chi connectivity index (χ3v) is 4.04. The third kappa shape index (κ3) is 3.83. The third-order valence-electron chi connectivity index (χ3n) is 3.19. The zero-order chi connectivity index (χ0) is 15.4. The van der Waals surface area contributed by atoms with Gasteiger partial charge in [-0.1, -0.05) is 0 Å². The fourth-order valence-corrected chi connectivity index (χ4v) is 2.85. The van der Waals surface area contributed by atoms with Gasteiger partial charge in [0.05, 0.1) is 16.8 Å². The van der Waals surface area contributed by atoms with E-state index in [2.05, 4.69) is 10.6 Å². The average Bonchev–Trinajstić information content (AvgIpc) is 2.99. The van der Waals surface area contributed by atoms with E-state index in [9.17, 15) is 9.59 Å². The highest BCUT2D eigenvalue weighted by Crippen LogP contribution is 2.23. The standard InChI is InChI=1S/C14H20N4O2S/c1-17(2)6-5-15-13(19)9-16-14(20)11-8-12-10(18(11)3)4-7-21-12/h4,7-8H,5-6,9H2,1-3H3,(H,15,19)(H,16,20). The smallest absolute Gasteiger partial charge is 0.268 e. The molecule has 0 atom stereocenters. The van der Waals surface area contributed by atoms with Crippen LogP contribution >= 0.6 is 11.3 Å². The first-order chi connectivity index (χ1) is 9.99. The van der Waals surface area contributed by atoms with Crippen molar-refractivity contribution >= 4 is 33.4 Å². The Bertz CT molecular complexity index is 644. The summed E-state index contributed by atoms with van der Waals surface area (Å²) in [5.74, 6) is -0.412. The van der Waals surface area contributed by atoms with Crippen molar-refractivity contribution in [1.29, 1.82) is 0 Å². The molecule has 0 fully saturated rings. The topological polar surface area (TPSA) is 66.4 Å². The molecule has 0 saturated carbocycles. The number of rotatable bonds is 6. The summed E-state index contributed by atoms with van der Waals surface area (Å²) < 4.78 is 2.91. The van der Waals surface area contributed by atoms with Gasteiger partial charge in [-0.2, -0.15) is 0 Å². The number of likely N-dealkylation sites (N-methyl/N-ethyl adjacent to an activating group) is 1. The van der Waals surface area contributed by atoms with Crippen molar-refractivity contribution in [1.82, 2.24) is 20.1 Å². The maximum Gasteiger partial charge on any atom is 0.268 e. The first kappa shape index (κ1) is 15.5. The van der Waals surface area contributed by atoms with Gasteiger partial charge in [-0.15, -0.1) is 11.3 Å². The average molecular weight is 308 g/mol. The van der Waals surface area contributed by atoms with E-state index in [0.717, 1.165) is 16.8 Å². The van der Waals surface area contributed by atoms with Crippen molar-refractivity contribution in [2.45, 2.75) is 0 Å². The van der Waals surface area contributed by atoms with Crippen LogP contribution in [0.25, 0.3) is 10.2 Å². The minimum absolute atomic E-state index is 0.00884. The molecule has 0 aliphatic carbocycles. The predicted molar refractivity (Wildman–Crippen MR) is 84.7 cm³/mol. The van der Waals surface area contributed by atoms with Crippen LogP contribution in [-0.4, -0.2) is 55.0 Å². The molecule has 0 spiro atoms. The maximum atomic E-state index is 12.1. The van der Waals surface area contributed by atoms with Gasteiger partial charge in [0.25, 0.3) is 5.91 Å². The summed E-state index contributed by atoms with van der Waals surface area (Å²) in [7, 11) is 5.73. The molecular weight excluding hydrogens is 288 g/mol. The molecule has 0 saturated heterocycles. The van der Waals surface area contributed by atoms with Crippen molar-refractivity contribution in [3.8, 4) is 0 Å². The van der Waals surface area contributed by atoms with Crippen molar-refractivity contribution in [2.24, 2.45) is 7.05 Å². The van der Waals surface area contributed by atoms with Crippen molar-refractivity contribution in [2.75, 3.05) is 33.7 Å². The highest BCUT2D eigenvalue weighted by atomic mass is 32.1. The molecule has 7 heteroatoms. The summed E-state index contributed by atoms with van der Waals surface area (Å²) >= 11 is 1.59. The van der Waals surface area contributed by atoms with E-state index >= 15 is 0 Å². The molecule has 0 aromatic carbocycles. The molecule has 0 aliphatic heterocycles. The molecule has 2 aromatic rings. The normalized spacial score (nSPS) is 11.0. The molecule has 6 nitrogen and oxygen atoms in total. The summed E-state index contributed by atoms with van der Waals surface area (Å²) in [6.07, 6.45) is 0. The number of nitrogens with one attached hydrogen (secondary N) is 2. The number of hydrogen-bond donors (Lipinski definition) is 2. The molecule has 114 valence electrons. The lowest BCUT2D eigenvalue weighted by atomic mass is 10.4. The maximum absolute atomic E-state index is 12.1. The van der Waals surface area contributed by atoms with Crippen LogP contribution in [0, 0.1) is 0 Å². The number of carbonyl (C=O) groups excluding carboxylic acids is 2. The molecule has 2 N–H and O–H groups in total. The van der Waals surface area contributed by atoms with Crippen LogP contribution in [0.5, 0.6) is 0 Å². The number of hydrogen-bond acceptors (Lipinski definition) is 4. The van der Waals surface area contributed by atoms with E-state index in [4.69, 9.17) is 0 Å². The Morgan fingerprint density at radius 1 is 1.33 bits per heavy atom. The van der Waals surface area contributed by atoms with E-state index < -0.39 is 0 Å². The fraction of sp³-hybridized carbons (Fsp3) is 0.429. The quantitative estimate of drug-likeness (QED) is 0.823. The van der Waals surface area contributed by atoms with E-state index in [1.807, 2.05) is 48.1 Å². The van der Waals surface area contributed by atoms with Gasteiger partial charge in [-0.25, -0.2) is 0 Å². The van der Waals surface area contributed by atoms with Crippen molar-refractivity contribution in [3.05, 3.63) is 23.2 Å². The summed E-state index contributed by atoms with van der Waals surface area (Å²) in [5.41, 5.74) is 1.60. The Morgan fingerprint density at radius 3 is 2.76 bits per heavy atom.